The van der Waals surface area contributed by atoms with Crippen LogP contribution in [0.3, 0.4) is 0 Å². The molecule has 2 aromatic rings. The SMILES string of the molecule is Cc1ccc(NC(=O)C2CCc3ccccc3N2C(=O)C2CCCN(C(=O)C3CC3)C2)cc1. The molecule has 5 rings (SSSR count). The zero-order valence-electron chi connectivity index (χ0n) is 19.1. The van der Waals surface area contributed by atoms with Crippen LogP contribution in [0.4, 0.5) is 11.4 Å². The van der Waals surface area contributed by atoms with Gasteiger partial charge in [-0.3, -0.25) is 19.3 Å². The molecule has 3 amide bonds. The first-order valence-electron chi connectivity index (χ1n) is 12.1. The molecule has 2 aromatic carbocycles. The highest BCUT2D eigenvalue weighted by Crippen LogP contribution is 2.36. The lowest BCUT2D eigenvalue weighted by Gasteiger charge is -2.40. The summed E-state index contributed by atoms with van der Waals surface area (Å²) in [4.78, 5) is 43.5. The van der Waals surface area contributed by atoms with E-state index in [9.17, 15) is 14.4 Å². The molecule has 0 spiro atoms. The van der Waals surface area contributed by atoms with Crippen molar-refractivity contribution in [1.29, 1.82) is 0 Å². The lowest BCUT2D eigenvalue weighted by molar-refractivity contribution is -0.136. The molecular weight excluding hydrogens is 414 g/mol. The fourth-order valence-electron chi connectivity index (χ4n) is 5.09. The Bertz CT molecular complexity index is 1060. The Labute approximate surface area is 194 Å². The third-order valence-electron chi connectivity index (χ3n) is 7.12. The van der Waals surface area contributed by atoms with Crippen LogP contribution in [0.2, 0.25) is 0 Å². The molecule has 6 nitrogen and oxygen atoms in total. The van der Waals surface area contributed by atoms with Gasteiger partial charge in [0.1, 0.15) is 6.04 Å². The molecular formula is C27H31N3O3. The minimum Gasteiger partial charge on any atom is -0.342 e. The monoisotopic (exact) mass is 445 g/mol. The second-order valence-electron chi connectivity index (χ2n) is 9.64. The highest BCUT2D eigenvalue weighted by atomic mass is 16.2. The molecule has 1 saturated carbocycles. The summed E-state index contributed by atoms with van der Waals surface area (Å²) < 4.78 is 0. The lowest BCUT2D eigenvalue weighted by Crippen LogP contribution is -2.54. The molecule has 0 aromatic heterocycles. The van der Waals surface area contributed by atoms with E-state index in [1.165, 1.54) is 0 Å². The van der Waals surface area contributed by atoms with Gasteiger partial charge < -0.3 is 10.2 Å². The summed E-state index contributed by atoms with van der Waals surface area (Å²) in [5.41, 5.74) is 3.77. The van der Waals surface area contributed by atoms with Crippen molar-refractivity contribution in [3.05, 3.63) is 59.7 Å². The molecule has 1 saturated heterocycles. The van der Waals surface area contributed by atoms with Gasteiger partial charge in [0, 0.05) is 30.4 Å². The van der Waals surface area contributed by atoms with Gasteiger partial charge >= 0.3 is 0 Å². The maximum Gasteiger partial charge on any atom is 0.247 e. The Hall–Kier alpha value is -3.15. The minimum atomic E-state index is -0.566. The second-order valence-corrected chi connectivity index (χ2v) is 9.64. The van der Waals surface area contributed by atoms with Gasteiger partial charge in [-0.05, 0) is 69.2 Å². The van der Waals surface area contributed by atoms with E-state index in [4.69, 9.17) is 0 Å². The number of hydrogen-bond acceptors (Lipinski definition) is 3. The van der Waals surface area contributed by atoms with Crippen LogP contribution in [0.25, 0.3) is 0 Å². The number of aryl methyl sites for hydroxylation is 2. The molecule has 6 heteroatoms. The molecule has 2 atom stereocenters. The normalized spacial score (nSPS) is 22.5. The molecule has 2 aliphatic heterocycles. The molecule has 0 bridgehead atoms. The predicted molar refractivity (Wildman–Crippen MR) is 128 cm³/mol. The number of hydrogen-bond donors (Lipinski definition) is 1. The number of para-hydroxylation sites is 1. The van der Waals surface area contributed by atoms with Crippen LogP contribution in [-0.2, 0) is 20.8 Å². The molecule has 2 fully saturated rings. The smallest absolute Gasteiger partial charge is 0.247 e. The number of piperidine rings is 1. The second kappa shape index (κ2) is 9.00. The average Bonchev–Trinajstić information content (AvgIpc) is 3.69. The standard InChI is InChI=1S/C27H31N3O3/c1-18-8-13-22(14-9-18)28-25(31)24-15-12-19-5-2-3-7-23(19)30(24)27(33)21-6-4-16-29(17-21)26(32)20-10-11-20/h2-3,5,7-9,13-14,20-21,24H,4,6,10-12,15-17H2,1H3,(H,28,31). The topological polar surface area (TPSA) is 69.7 Å². The van der Waals surface area contributed by atoms with Crippen molar-refractivity contribution in [2.45, 2.75) is 51.5 Å². The van der Waals surface area contributed by atoms with E-state index in [1.54, 1.807) is 4.90 Å². The Kier molecular flexibility index (Phi) is 5.92. The van der Waals surface area contributed by atoms with Crippen LogP contribution in [0.15, 0.2) is 48.5 Å². The van der Waals surface area contributed by atoms with Gasteiger partial charge in [0.25, 0.3) is 0 Å². The van der Waals surface area contributed by atoms with Crippen molar-refractivity contribution in [2.75, 3.05) is 23.3 Å². The lowest BCUT2D eigenvalue weighted by atomic mass is 9.90. The van der Waals surface area contributed by atoms with E-state index in [2.05, 4.69) is 5.32 Å². The quantitative estimate of drug-likeness (QED) is 0.775. The van der Waals surface area contributed by atoms with Crippen molar-refractivity contribution in [3.8, 4) is 0 Å². The average molecular weight is 446 g/mol. The maximum absolute atomic E-state index is 13.9. The van der Waals surface area contributed by atoms with Crippen LogP contribution in [0.5, 0.6) is 0 Å². The van der Waals surface area contributed by atoms with Crippen LogP contribution in [-0.4, -0.2) is 41.8 Å². The number of carbonyl (C=O) groups is 3. The van der Waals surface area contributed by atoms with E-state index in [-0.39, 0.29) is 29.6 Å². The Morgan fingerprint density at radius 3 is 2.39 bits per heavy atom. The summed E-state index contributed by atoms with van der Waals surface area (Å²) in [6, 6.07) is 15.0. The summed E-state index contributed by atoms with van der Waals surface area (Å²) in [6.07, 6.45) is 4.84. The van der Waals surface area contributed by atoms with Crippen molar-refractivity contribution < 1.29 is 14.4 Å². The first-order valence-corrected chi connectivity index (χ1v) is 12.1. The van der Waals surface area contributed by atoms with Crippen molar-refractivity contribution in [1.82, 2.24) is 4.90 Å². The van der Waals surface area contributed by atoms with E-state index >= 15 is 0 Å². The third-order valence-corrected chi connectivity index (χ3v) is 7.12. The zero-order chi connectivity index (χ0) is 22.9. The first-order chi connectivity index (χ1) is 16.0. The number of carbonyl (C=O) groups excluding carboxylic acids is 3. The molecule has 2 unspecified atom stereocenters. The maximum atomic E-state index is 13.9. The van der Waals surface area contributed by atoms with Crippen molar-refractivity contribution in [2.24, 2.45) is 11.8 Å². The third kappa shape index (κ3) is 4.52. The van der Waals surface area contributed by atoms with Gasteiger partial charge in [0.05, 0.1) is 5.92 Å². The first kappa shape index (κ1) is 21.7. The Morgan fingerprint density at radius 2 is 1.64 bits per heavy atom. The van der Waals surface area contributed by atoms with Crippen LogP contribution >= 0.6 is 0 Å². The molecule has 2 heterocycles. The number of nitrogens with zero attached hydrogens (tertiary/aromatic N) is 2. The number of anilines is 2. The fourth-order valence-corrected chi connectivity index (χ4v) is 5.09. The van der Waals surface area contributed by atoms with E-state index in [0.717, 1.165) is 61.2 Å². The number of nitrogens with one attached hydrogen (secondary N) is 1. The molecule has 33 heavy (non-hydrogen) atoms. The van der Waals surface area contributed by atoms with Gasteiger partial charge in [-0.15, -0.1) is 0 Å². The van der Waals surface area contributed by atoms with E-state index < -0.39 is 6.04 Å². The molecule has 1 aliphatic carbocycles. The number of benzene rings is 2. The molecule has 172 valence electrons. The highest BCUT2D eigenvalue weighted by molar-refractivity contribution is 6.06. The molecule has 3 aliphatic rings. The van der Waals surface area contributed by atoms with E-state index in [1.807, 2.05) is 60.4 Å². The van der Waals surface area contributed by atoms with Gasteiger partial charge in [0.15, 0.2) is 0 Å². The van der Waals surface area contributed by atoms with Gasteiger partial charge in [0.2, 0.25) is 17.7 Å². The predicted octanol–water partition coefficient (Wildman–Crippen LogP) is 3.93. The summed E-state index contributed by atoms with van der Waals surface area (Å²) >= 11 is 0. The van der Waals surface area contributed by atoms with Gasteiger partial charge in [-0.25, -0.2) is 0 Å². The Balaban J connectivity index is 1.39. The van der Waals surface area contributed by atoms with Crippen LogP contribution in [0.1, 0.15) is 43.2 Å². The summed E-state index contributed by atoms with van der Waals surface area (Å²) in [6.45, 7) is 3.19. The largest absolute Gasteiger partial charge is 0.342 e. The van der Waals surface area contributed by atoms with E-state index in [0.29, 0.717) is 13.0 Å². The van der Waals surface area contributed by atoms with Crippen LogP contribution < -0.4 is 10.2 Å². The van der Waals surface area contributed by atoms with Crippen molar-refractivity contribution >= 4 is 29.1 Å². The molecule has 1 N–H and O–H groups in total. The van der Waals surface area contributed by atoms with Gasteiger partial charge in [-0.2, -0.15) is 0 Å². The Morgan fingerprint density at radius 1 is 0.879 bits per heavy atom. The summed E-state index contributed by atoms with van der Waals surface area (Å²) in [7, 11) is 0. The van der Waals surface area contributed by atoms with Crippen LogP contribution in [0, 0.1) is 18.8 Å². The fraction of sp³-hybridized carbons (Fsp3) is 0.444. The van der Waals surface area contributed by atoms with Crippen molar-refractivity contribution in [3.63, 3.8) is 0 Å². The molecule has 0 radical (unpaired) electrons. The summed E-state index contributed by atoms with van der Waals surface area (Å²) in [5.74, 6) is -0.131. The number of fused-ring (bicyclic) bond motifs is 1. The van der Waals surface area contributed by atoms with Gasteiger partial charge in [-0.1, -0.05) is 35.9 Å². The highest BCUT2D eigenvalue weighted by Gasteiger charge is 2.41. The zero-order valence-corrected chi connectivity index (χ0v) is 19.1. The number of likely N-dealkylation sites (tertiary alicyclic amines) is 1. The summed E-state index contributed by atoms with van der Waals surface area (Å²) in [5, 5.41) is 3.01. The number of amides is 3. The minimum absolute atomic E-state index is 0.0421. The number of rotatable bonds is 4.